The molecule has 1 atom stereocenters. The first kappa shape index (κ1) is 23.8. The molecule has 31 heavy (non-hydrogen) atoms. The van der Waals surface area contributed by atoms with Gasteiger partial charge in [0.1, 0.15) is 0 Å². The number of hydrogen-bond donors (Lipinski definition) is 0. The molecule has 0 aliphatic carbocycles. The first-order valence-electron chi connectivity index (χ1n) is 10.4. The van der Waals surface area contributed by atoms with Crippen molar-refractivity contribution in [1.82, 2.24) is 0 Å². The van der Waals surface area contributed by atoms with Crippen molar-refractivity contribution < 1.29 is 43.2 Å². The van der Waals surface area contributed by atoms with Crippen LogP contribution in [0.1, 0.15) is 43.7 Å². The van der Waals surface area contributed by atoms with Gasteiger partial charge in [-0.1, -0.05) is 0 Å². The summed E-state index contributed by atoms with van der Waals surface area (Å²) in [4.78, 5) is 0. The zero-order chi connectivity index (χ0) is 22.7. The van der Waals surface area contributed by atoms with Crippen LogP contribution in [-0.2, 0) is 0 Å². The fourth-order valence-corrected chi connectivity index (χ4v) is 5.83. The van der Waals surface area contributed by atoms with Gasteiger partial charge in [0.15, 0.2) is 0 Å². The van der Waals surface area contributed by atoms with Gasteiger partial charge in [0, 0.05) is 0 Å². The minimum atomic E-state index is -2.11. The fourth-order valence-electron chi connectivity index (χ4n) is 3.67. The molecule has 0 N–H and O–H groups in total. The van der Waals surface area contributed by atoms with Crippen LogP contribution < -0.4 is 26.7 Å². The van der Waals surface area contributed by atoms with Gasteiger partial charge in [-0.3, -0.25) is 0 Å². The molecular formula is C24H23BF5I-2. The van der Waals surface area contributed by atoms with Crippen molar-refractivity contribution in [3.05, 3.63) is 95.9 Å². The Bertz CT molecular complexity index is 1020. The van der Waals surface area contributed by atoms with Crippen molar-refractivity contribution in [2.24, 2.45) is 0 Å². The van der Waals surface area contributed by atoms with Gasteiger partial charge >= 0.3 is 191 Å². The molecule has 166 valence electrons. The van der Waals surface area contributed by atoms with Crippen LogP contribution >= 0.6 is 0 Å². The summed E-state index contributed by atoms with van der Waals surface area (Å²) >= 11 is -0.300. The molecule has 0 amide bonds. The summed E-state index contributed by atoms with van der Waals surface area (Å²) in [6.45, 7) is 5.83. The Balaban J connectivity index is 1.64. The van der Waals surface area contributed by atoms with E-state index < -0.39 is 47.8 Å². The second-order valence-corrected chi connectivity index (χ2v) is 11.3. The third kappa shape index (κ3) is 5.48. The van der Waals surface area contributed by atoms with Crippen LogP contribution in [-0.4, -0.2) is 7.28 Å². The third-order valence-corrected chi connectivity index (χ3v) is 8.41. The third-order valence-electron chi connectivity index (χ3n) is 5.73. The summed E-state index contributed by atoms with van der Waals surface area (Å²) in [6, 6.07) is 16.9. The first-order chi connectivity index (χ1) is 14.7. The van der Waals surface area contributed by atoms with Crippen molar-refractivity contribution in [2.75, 3.05) is 0 Å². The number of benzene rings is 3. The summed E-state index contributed by atoms with van der Waals surface area (Å²) in [5, 5.41) is 0. The molecule has 0 aromatic heterocycles. The molecule has 3 aromatic rings. The predicted molar refractivity (Wildman–Crippen MR) is 112 cm³/mol. The normalized spacial score (nSPS) is 12.5. The van der Waals surface area contributed by atoms with Crippen LogP contribution in [0, 0.1) is 36.2 Å². The molecule has 0 saturated carbocycles. The maximum absolute atomic E-state index is 14.0. The van der Waals surface area contributed by atoms with Crippen LogP contribution in [0.5, 0.6) is 0 Å². The van der Waals surface area contributed by atoms with E-state index in [-0.39, 0.29) is 21.2 Å². The van der Waals surface area contributed by atoms with Gasteiger partial charge in [0.2, 0.25) is 0 Å². The van der Waals surface area contributed by atoms with Crippen LogP contribution in [0.4, 0.5) is 22.0 Å². The molecule has 0 nitrogen and oxygen atoms in total. The average Bonchev–Trinajstić information content (AvgIpc) is 2.76. The molecule has 1 unspecified atom stereocenters. The standard InChI is InChI=1S/C24H23BF5I/c1-13(2)15-4-8-17(9-5-15)31-18-10-6-16(7-11-18)25-12-14(3)19-20(26)22(28)24(30)23(29)21(19)27/h4-11,13-14H,12,25H2,1-3H3/q-2. The van der Waals surface area contributed by atoms with Gasteiger partial charge in [-0.15, -0.1) is 0 Å². The monoisotopic (exact) mass is 544 g/mol. The van der Waals surface area contributed by atoms with Crippen molar-refractivity contribution in [3.63, 3.8) is 0 Å². The number of hydrogen-bond acceptors (Lipinski definition) is 0. The Kier molecular flexibility index (Phi) is 7.78. The Morgan fingerprint density at radius 2 is 1.13 bits per heavy atom. The zero-order valence-corrected chi connectivity index (χ0v) is 19.9. The second kappa shape index (κ2) is 10.1. The van der Waals surface area contributed by atoms with E-state index in [0.717, 1.165) is 5.46 Å². The molecule has 0 aliphatic heterocycles. The van der Waals surface area contributed by atoms with E-state index in [1.807, 2.05) is 12.1 Å². The molecule has 7 heteroatoms. The molecular weight excluding hydrogens is 521 g/mol. The van der Waals surface area contributed by atoms with Crippen molar-refractivity contribution in [1.29, 1.82) is 0 Å². The van der Waals surface area contributed by atoms with Crippen LogP contribution in [0.2, 0.25) is 6.32 Å². The first-order valence-corrected chi connectivity index (χ1v) is 12.5. The topological polar surface area (TPSA) is 0 Å². The predicted octanol–water partition coefficient (Wildman–Crippen LogP) is 2.65. The zero-order valence-electron chi connectivity index (χ0n) is 17.7. The summed E-state index contributed by atoms with van der Waals surface area (Å²) in [5.41, 5.74) is 1.68. The maximum atomic E-state index is 14.0. The molecule has 0 saturated heterocycles. The van der Waals surface area contributed by atoms with E-state index in [4.69, 9.17) is 0 Å². The molecule has 0 spiro atoms. The van der Waals surface area contributed by atoms with Crippen LogP contribution in [0.25, 0.3) is 0 Å². The Morgan fingerprint density at radius 3 is 1.61 bits per heavy atom. The summed E-state index contributed by atoms with van der Waals surface area (Å²) < 4.78 is 70.8. The Morgan fingerprint density at radius 1 is 0.677 bits per heavy atom. The van der Waals surface area contributed by atoms with Crippen molar-refractivity contribution >= 4 is 12.7 Å². The summed E-state index contributed by atoms with van der Waals surface area (Å²) in [7, 11) is -0.789. The van der Waals surface area contributed by atoms with E-state index in [9.17, 15) is 22.0 Å². The molecule has 3 rings (SSSR count). The SMILES string of the molecule is CC(C)c1ccc([I-]c2ccc([BH2-]CC(C)c3c(F)c(F)c(F)c(F)c3F)cc2)cc1. The van der Waals surface area contributed by atoms with Gasteiger partial charge in [0.05, 0.1) is 0 Å². The van der Waals surface area contributed by atoms with Crippen molar-refractivity contribution in [2.45, 2.75) is 38.9 Å². The molecule has 0 fully saturated rings. The van der Waals surface area contributed by atoms with Crippen molar-refractivity contribution in [3.8, 4) is 0 Å². The second-order valence-electron chi connectivity index (χ2n) is 8.24. The molecule has 0 bridgehead atoms. The van der Waals surface area contributed by atoms with Gasteiger partial charge in [-0.2, -0.15) is 0 Å². The molecule has 0 heterocycles. The van der Waals surface area contributed by atoms with Gasteiger partial charge in [-0.05, 0) is 0 Å². The van der Waals surface area contributed by atoms with E-state index in [0.29, 0.717) is 12.2 Å². The molecule has 3 aromatic carbocycles. The van der Waals surface area contributed by atoms with Gasteiger partial charge in [-0.25, -0.2) is 0 Å². The quantitative estimate of drug-likeness (QED) is 0.141. The molecule has 0 radical (unpaired) electrons. The van der Waals surface area contributed by atoms with Gasteiger partial charge in [0.25, 0.3) is 0 Å². The number of halogens is 6. The Labute approximate surface area is 190 Å². The van der Waals surface area contributed by atoms with E-state index in [1.165, 1.54) is 19.6 Å². The Hall–Kier alpha value is -1.90. The average molecular weight is 544 g/mol. The number of rotatable bonds is 7. The molecule has 0 aliphatic rings. The van der Waals surface area contributed by atoms with Gasteiger partial charge < -0.3 is 0 Å². The fraction of sp³-hybridized carbons (Fsp3) is 0.250. The summed E-state index contributed by atoms with van der Waals surface area (Å²) in [5.74, 6) is -9.57. The summed E-state index contributed by atoms with van der Waals surface area (Å²) in [6.07, 6.45) is 0.392. The van der Waals surface area contributed by atoms with E-state index in [2.05, 4.69) is 50.2 Å². The van der Waals surface area contributed by atoms with Crippen LogP contribution in [0.15, 0.2) is 48.5 Å². The van der Waals surface area contributed by atoms with E-state index >= 15 is 0 Å². The minimum absolute atomic E-state index is 0.300. The van der Waals surface area contributed by atoms with E-state index in [1.54, 1.807) is 0 Å². The van der Waals surface area contributed by atoms with Crippen LogP contribution in [0.3, 0.4) is 0 Å².